The molecule has 2 aromatic carbocycles. The summed E-state index contributed by atoms with van der Waals surface area (Å²) in [5.41, 5.74) is 4.11. The summed E-state index contributed by atoms with van der Waals surface area (Å²) in [7, 11) is 0. The highest BCUT2D eigenvalue weighted by molar-refractivity contribution is 5.96. The number of amides is 2. The second-order valence-corrected chi connectivity index (χ2v) is 10.1. The number of rotatable bonds is 5. The van der Waals surface area contributed by atoms with Crippen LogP contribution < -0.4 is 10.6 Å². The summed E-state index contributed by atoms with van der Waals surface area (Å²) in [5, 5.41) is 6.27. The SMILES string of the molecule is CC1CCCCC1C(=O)Nc1ccc2nc(-c3ccc(C(=O)NC4CCCCC4)cc3)[nH]c2c1. The Labute approximate surface area is 200 Å². The first kappa shape index (κ1) is 22.6. The molecule has 2 amide bonds. The molecule has 6 heteroatoms. The molecular weight excluding hydrogens is 424 g/mol. The highest BCUT2D eigenvalue weighted by atomic mass is 16.2. The van der Waals surface area contributed by atoms with E-state index in [9.17, 15) is 9.59 Å². The number of carbonyl (C=O) groups is 2. The molecule has 3 aromatic rings. The van der Waals surface area contributed by atoms with E-state index in [-0.39, 0.29) is 17.7 Å². The zero-order chi connectivity index (χ0) is 23.5. The van der Waals surface area contributed by atoms with E-state index in [1.54, 1.807) is 0 Å². The molecular formula is C28H34N4O2. The average molecular weight is 459 g/mol. The van der Waals surface area contributed by atoms with E-state index in [0.29, 0.717) is 17.5 Å². The number of nitrogens with one attached hydrogen (secondary N) is 3. The minimum Gasteiger partial charge on any atom is -0.349 e. The summed E-state index contributed by atoms with van der Waals surface area (Å²) in [6, 6.07) is 13.7. The van der Waals surface area contributed by atoms with E-state index in [2.05, 4.69) is 22.5 Å². The van der Waals surface area contributed by atoms with Crippen LogP contribution in [0, 0.1) is 11.8 Å². The van der Waals surface area contributed by atoms with Gasteiger partial charge in [-0.25, -0.2) is 4.98 Å². The number of imidazole rings is 1. The first-order valence-electron chi connectivity index (χ1n) is 12.8. The van der Waals surface area contributed by atoms with Crippen LogP contribution in [-0.2, 0) is 4.79 Å². The number of hydrogen-bond donors (Lipinski definition) is 3. The van der Waals surface area contributed by atoms with Crippen molar-refractivity contribution in [3.63, 3.8) is 0 Å². The van der Waals surface area contributed by atoms with E-state index >= 15 is 0 Å². The van der Waals surface area contributed by atoms with E-state index in [1.807, 2.05) is 42.5 Å². The van der Waals surface area contributed by atoms with Gasteiger partial charge in [0, 0.05) is 28.8 Å². The fourth-order valence-electron chi connectivity index (χ4n) is 5.46. The lowest BCUT2D eigenvalue weighted by molar-refractivity contribution is -0.122. The summed E-state index contributed by atoms with van der Waals surface area (Å²) in [4.78, 5) is 33.4. The van der Waals surface area contributed by atoms with Crippen molar-refractivity contribution in [3.8, 4) is 11.4 Å². The highest BCUT2D eigenvalue weighted by Gasteiger charge is 2.27. The molecule has 5 rings (SSSR count). The molecule has 178 valence electrons. The van der Waals surface area contributed by atoms with Crippen molar-refractivity contribution in [1.82, 2.24) is 15.3 Å². The van der Waals surface area contributed by atoms with Gasteiger partial charge in [-0.05, 0) is 61.9 Å². The molecule has 3 N–H and O–H groups in total. The van der Waals surface area contributed by atoms with E-state index in [0.717, 1.165) is 60.2 Å². The molecule has 0 aliphatic heterocycles. The standard InChI is InChI=1S/C28H34N4O2/c1-18-7-5-6-10-23(18)28(34)30-22-15-16-24-25(17-22)32-26(31-24)19-11-13-20(14-12-19)27(33)29-21-8-3-2-4-9-21/h11-18,21,23H,2-10H2,1H3,(H,29,33)(H,30,34)(H,31,32). The van der Waals surface area contributed by atoms with E-state index < -0.39 is 0 Å². The molecule has 0 bridgehead atoms. The molecule has 2 aliphatic rings. The van der Waals surface area contributed by atoms with Crippen LogP contribution in [0.4, 0.5) is 5.69 Å². The lowest BCUT2D eigenvalue weighted by Gasteiger charge is -2.27. The Morgan fingerprint density at radius 2 is 1.65 bits per heavy atom. The Kier molecular flexibility index (Phi) is 6.66. The maximum Gasteiger partial charge on any atom is 0.251 e. The highest BCUT2D eigenvalue weighted by Crippen LogP contribution is 2.31. The lowest BCUT2D eigenvalue weighted by atomic mass is 9.80. The van der Waals surface area contributed by atoms with Gasteiger partial charge in [-0.15, -0.1) is 0 Å². The third kappa shape index (κ3) is 5.01. The molecule has 2 atom stereocenters. The third-order valence-corrected chi connectivity index (χ3v) is 7.56. The average Bonchev–Trinajstić information content (AvgIpc) is 3.28. The van der Waals surface area contributed by atoms with Crippen molar-refractivity contribution in [2.75, 3.05) is 5.32 Å². The van der Waals surface area contributed by atoms with Gasteiger partial charge in [0.25, 0.3) is 5.91 Å². The first-order chi connectivity index (χ1) is 16.6. The summed E-state index contributed by atoms with van der Waals surface area (Å²) in [5.74, 6) is 1.39. The topological polar surface area (TPSA) is 86.9 Å². The van der Waals surface area contributed by atoms with Crippen LogP contribution in [-0.4, -0.2) is 27.8 Å². The van der Waals surface area contributed by atoms with Gasteiger partial charge < -0.3 is 15.6 Å². The number of nitrogens with zero attached hydrogens (tertiary/aromatic N) is 1. The number of anilines is 1. The molecule has 0 spiro atoms. The molecule has 0 radical (unpaired) electrons. The van der Waals surface area contributed by atoms with Crippen molar-refractivity contribution < 1.29 is 9.59 Å². The van der Waals surface area contributed by atoms with Gasteiger partial charge >= 0.3 is 0 Å². The summed E-state index contributed by atoms with van der Waals surface area (Å²) < 4.78 is 0. The summed E-state index contributed by atoms with van der Waals surface area (Å²) >= 11 is 0. The Hall–Kier alpha value is -3.15. The van der Waals surface area contributed by atoms with Gasteiger partial charge in [0.1, 0.15) is 5.82 Å². The Morgan fingerprint density at radius 3 is 2.41 bits per heavy atom. The third-order valence-electron chi connectivity index (χ3n) is 7.56. The Morgan fingerprint density at radius 1 is 0.912 bits per heavy atom. The van der Waals surface area contributed by atoms with Crippen LogP contribution in [0.15, 0.2) is 42.5 Å². The summed E-state index contributed by atoms with van der Waals surface area (Å²) in [6.45, 7) is 2.18. The zero-order valence-corrected chi connectivity index (χ0v) is 19.9. The van der Waals surface area contributed by atoms with E-state index in [1.165, 1.54) is 25.7 Å². The van der Waals surface area contributed by atoms with Gasteiger partial charge in [0.15, 0.2) is 0 Å². The van der Waals surface area contributed by atoms with Crippen LogP contribution in [0.3, 0.4) is 0 Å². The van der Waals surface area contributed by atoms with Gasteiger partial charge in [-0.3, -0.25) is 9.59 Å². The Bertz CT molecular complexity index is 1160. The number of aromatic amines is 1. The quantitative estimate of drug-likeness (QED) is 0.434. The fourth-order valence-corrected chi connectivity index (χ4v) is 5.46. The predicted molar refractivity (Wildman–Crippen MR) is 136 cm³/mol. The number of carbonyl (C=O) groups excluding carboxylic acids is 2. The second kappa shape index (κ2) is 10.00. The molecule has 34 heavy (non-hydrogen) atoms. The van der Waals surface area contributed by atoms with Crippen LogP contribution in [0.5, 0.6) is 0 Å². The molecule has 2 aliphatic carbocycles. The molecule has 1 heterocycles. The molecule has 2 unspecified atom stereocenters. The number of benzene rings is 2. The summed E-state index contributed by atoms with van der Waals surface area (Å²) in [6.07, 6.45) is 10.3. The zero-order valence-electron chi connectivity index (χ0n) is 19.9. The number of H-pyrrole nitrogens is 1. The van der Waals surface area contributed by atoms with Crippen LogP contribution in [0.2, 0.25) is 0 Å². The van der Waals surface area contributed by atoms with Crippen LogP contribution in [0.25, 0.3) is 22.4 Å². The number of aromatic nitrogens is 2. The largest absolute Gasteiger partial charge is 0.349 e. The molecule has 6 nitrogen and oxygen atoms in total. The van der Waals surface area contributed by atoms with Crippen molar-refractivity contribution >= 4 is 28.5 Å². The van der Waals surface area contributed by atoms with Crippen molar-refractivity contribution in [2.45, 2.75) is 70.8 Å². The minimum atomic E-state index is -0.00396. The predicted octanol–water partition coefficient (Wildman–Crippen LogP) is 6.06. The van der Waals surface area contributed by atoms with Gasteiger partial charge in [0.2, 0.25) is 5.91 Å². The Balaban J connectivity index is 1.26. The fraction of sp³-hybridized carbons (Fsp3) is 0.464. The smallest absolute Gasteiger partial charge is 0.251 e. The maximum atomic E-state index is 12.8. The van der Waals surface area contributed by atoms with Crippen molar-refractivity contribution in [1.29, 1.82) is 0 Å². The monoisotopic (exact) mass is 458 g/mol. The molecule has 0 saturated heterocycles. The molecule has 2 fully saturated rings. The number of hydrogen-bond acceptors (Lipinski definition) is 3. The van der Waals surface area contributed by atoms with Gasteiger partial charge in [0.05, 0.1) is 11.0 Å². The molecule has 2 saturated carbocycles. The van der Waals surface area contributed by atoms with Crippen molar-refractivity contribution in [2.24, 2.45) is 11.8 Å². The van der Waals surface area contributed by atoms with Gasteiger partial charge in [-0.2, -0.15) is 0 Å². The molecule has 1 aromatic heterocycles. The van der Waals surface area contributed by atoms with Gasteiger partial charge in [-0.1, -0.05) is 51.2 Å². The van der Waals surface area contributed by atoms with E-state index in [4.69, 9.17) is 4.98 Å². The normalized spacial score (nSPS) is 21.3. The maximum absolute atomic E-state index is 12.8. The number of fused-ring (bicyclic) bond motifs is 1. The van der Waals surface area contributed by atoms with Crippen molar-refractivity contribution in [3.05, 3.63) is 48.0 Å². The second-order valence-electron chi connectivity index (χ2n) is 10.1. The first-order valence-corrected chi connectivity index (χ1v) is 12.8. The minimum absolute atomic E-state index is 0.00396. The van der Waals surface area contributed by atoms with Crippen LogP contribution >= 0.6 is 0 Å². The lowest BCUT2D eigenvalue weighted by Crippen LogP contribution is -2.36. The van der Waals surface area contributed by atoms with Crippen LogP contribution in [0.1, 0.15) is 75.1 Å².